The summed E-state index contributed by atoms with van der Waals surface area (Å²) >= 11 is 0. The van der Waals surface area contributed by atoms with Crippen LogP contribution in [0, 0.1) is 12.7 Å². The Bertz CT molecular complexity index is 1030. The zero-order valence-electron chi connectivity index (χ0n) is 14.0. The van der Waals surface area contributed by atoms with Crippen LogP contribution in [0.2, 0.25) is 0 Å². The molecule has 0 amide bonds. The van der Waals surface area contributed by atoms with Gasteiger partial charge in [-0.25, -0.2) is 9.37 Å². The summed E-state index contributed by atoms with van der Waals surface area (Å²) in [6, 6.07) is 8.28. The van der Waals surface area contributed by atoms with Gasteiger partial charge in [-0.15, -0.1) is 0 Å². The SMILES string of the molecule is Cc1cc2c3c(cnc2c(=O)n1O)N(Cc1ccc(F)cc1)CC3C. The Kier molecular flexibility index (Phi) is 3.49. The van der Waals surface area contributed by atoms with Crippen molar-refractivity contribution < 1.29 is 9.60 Å². The van der Waals surface area contributed by atoms with Gasteiger partial charge in [-0.2, -0.15) is 4.73 Å². The number of anilines is 1. The van der Waals surface area contributed by atoms with Gasteiger partial charge in [-0.05, 0) is 36.2 Å². The van der Waals surface area contributed by atoms with E-state index in [0.717, 1.165) is 28.7 Å². The second kappa shape index (κ2) is 5.58. The Labute approximate surface area is 143 Å². The maximum absolute atomic E-state index is 13.1. The molecule has 1 aliphatic rings. The molecule has 1 unspecified atom stereocenters. The van der Waals surface area contributed by atoms with Crippen LogP contribution in [0.1, 0.15) is 29.7 Å². The predicted octanol–water partition coefficient (Wildman–Crippen LogP) is 3.21. The quantitative estimate of drug-likeness (QED) is 0.729. The number of hydrogen-bond donors (Lipinski definition) is 1. The number of benzene rings is 1. The summed E-state index contributed by atoms with van der Waals surface area (Å²) in [6.45, 7) is 5.26. The van der Waals surface area contributed by atoms with Crippen molar-refractivity contribution in [3.63, 3.8) is 0 Å². The highest BCUT2D eigenvalue weighted by Crippen LogP contribution is 2.40. The molecule has 25 heavy (non-hydrogen) atoms. The lowest BCUT2D eigenvalue weighted by Crippen LogP contribution is -2.22. The molecule has 1 aromatic carbocycles. The van der Waals surface area contributed by atoms with Crippen LogP contribution >= 0.6 is 0 Å². The Morgan fingerprint density at radius 2 is 2.04 bits per heavy atom. The first kappa shape index (κ1) is 15.6. The van der Waals surface area contributed by atoms with E-state index in [9.17, 15) is 14.4 Å². The van der Waals surface area contributed by atoms with Gasteiger partial charge in [-0.1, -0.05) is 19.1 Å². The summed E-state index contributed by atoms with van der Waals surface area (Å²) in [6.07, 6.45) is 1.70. The molecule has 0 bridgehead atoms. The molecule has 128 valence electrons. The monoisotopic (exact) mass is 339 g/mol. The van der Waals surface area contributed by atoms with Gasteiger partial charge in [0.25, 0.3) is 0 Å². The number of aryl methyl sites for hydroxylation is 1. The molecular weight excluding hydrogens is 321 g/mol. The smallest absolute Gasteiger partial charge is 0.309 e. The lowest BCUT2D eigenvalue weighted by atomic mass is 9.99. The van der Waals surface area contributed by atoms with Gasteiger partial charge in [0.15, 0.2) is 0 Å². The largest absolute Gasteiger partial charge is 0.425 e. The number of halogens is 1. The van der Waals surface area contributed by atoms with E-state index in [1.807, 2.05) is 0 Å². The number of nitrogens with zero attached hydrogens (tertiary/aromatic N) is 3. The molecule has 4 rings (SSSR count). The van der Waals surface area contributed by atoms with Crippen LogP contribution in [-0.4, -0.2) is 21.5 Å². The molecule has 1 N–H and O–H groups in total. The molecule has 6 heteroatoms. The fraction of sp³-hybridized carbons (Fsp3) is 0.263. The van der Waals surface area contributed by atoms with Gasteiger partial charge in [-0.3, -0.25) is 4.79 Å². The molecule has 1 aliphatic heterocycles. The lowest BCUT2D eigenvalue weighted by Gasteiger charge is -2.19. The third-order valence-electron chi connectivity index (χ3n) is 4.83. The summed E-state index contributed by atoms with van der Waals surface area (Å²) < 4.78 is 13.7. The Balaban J connectivity index is 1.82. The lowest BCUT2D eigenvalue weighted by molar-refractivity contribution is 0.170. The molecule has 0 saturated carbocycles. The molecule has 3 aromatic rings. The molecule has 5 nitrogen and oxygen atoms in total. The van der Waals surface area contributed by atoms with Crippen LogP contribution in [0.15, 0.2) is 41.3 Å². The van der Waals surface area contributed by atoms with E-state index in [4.69, 9.17) is 0 Å². The van der Waals surface area contributed by atoms with Crippen molar-refractivity contribution in [2.75, 3.05) is 11.4 Å². The first-order valence-electron chi connectivity index (χ1n) is 8.19. The number of hydrogen-bond acceptors (Lipinski definition) is 4. The minimum atomic E-state index is -0.498. The van der Waals surface area contributed by atoms with Crippen LogP contribution < -0.4 is 10.5 Å². The van der Waals surface area contributed by atoms with E-state index in [1.54, 1.807) is 31.3 Å². The van der Waals surface area contributed by atoms with Crippen molar-refractivity contribution in [2.45, 2.75) is 26.3 Å². The average Bonchev–Trinajstić information content (AvgIpc) is 2.91. The molecule has 0 spiro atoms. The summed E-state index contributed by atoms with van der Waals surface area (Å²) in [7, 11) is 0. The molecule has 0 radical (unpaired) electrons. The fourth-order valence-electron chi connectivity index (χ4n) is 3.63. The van der Waals surface area contributed by atoms with Gasteiger partial charge in [0.05, 0.1) is 17.6 Å². The van der Waals surface area contributed by atoms with Crippen molar-refractivity contribution in [3.05, 3.63) is 69.5 Å². The van der Waals surface area contributed by atoms with Crippen molar-refractivity contribution >= 4 is 16.6 Å². The van der Waals surface area contributed by atoms with E-state index in [2.05, 4.69) is 16.8 Å². The van der Waals surface area contributed by atoms with Crippen LogP contribution in [0.25, 0.3) is 10.9 Å². The Morgan fingerprint density at radius 1 is 1.32 bits per heavy atom. The van der Waals surface area contributed by atoms with Gasteiger partial charge >= 0.3 is 5.56 Å². The van der Waals surface area contributed by atoms with Crippen molar-refractivity contribution in [1.82, 2.24) is 9.71 Å². The van der Waals surface area contributed by atoms with Crippen LogP contribution in [-0.2, 0) is 6.54 Å². The highest BCUT2D eigenvalue weighted by atomic mass is 19.1. The minimum Gasteiger partial charge on any atom is -0.425 e. The molecule has 3 heterocycles. The normalized spacial score (nSPS) is 16.4. The van der Waals surface area contributed by atoms with Crippen molar-refractivity contribution in [2.24, 2.45) is 0 Å². The number of aromatic nitrogens is 2. The maximum Gasteiger partial charge on any atom is 0.309 e. The third-order valence-corrected chi connectivity index (χ3v) is 4.83. The van der Waals surface area contributed by atoms with Crippen LogP contribution in [0.4, 0.5) is 10.1 Å². The second-order valence-electron chi connectivity index (χ2n) is 6.63. The first-order valence-corrected chi connectivity index (χ1v) is 8.19. The van der Waals surface area contributed by atoms with Crippen molar-refractivity contribution in [1.29, 1.82) is 0 Å². The van der Waals surface area contributed by atoms with Gasteiger partial charge in [0.2, 0.25) is 0 Å². The molecular formula is C19H18FN3O2. The van der Waals surface area contributed by atoms with E-state index in [0.29, 0.717) is 17.0 Å². The van der Waals surface area contributed by atoms with E-state index in [-0.39, 0.29) is 17.3 Å². The van der Waals surface area contributed by atoms with Crippen LogP contribution in [0.5, 0.6) is 0 Å². The Morgan fingerprint density at radius 3 is 2.76 bits per heavy atom. The fourth-order valence-corrected chi connectivity index (χ4v) is 3.63. The molecule has 1 atom stereocenters. The van der Waals surface area contributed by atoms with Gasteiger partial charge in [0, 0.05) is 24.4 Å². The number of rotatable bonds is 2. The summed E-state index contributed by atoms with van der Waals surface area (Å²) in [5.41, 5.74) is 3.34. The van der Waals surface area contributed by atoms with Gasteiger partial charge < -0.3 is 10.1 Å². The molecule has 0 fully saturated rings. The standard InChI is InChI=1S/C19H18FN3O2/c1-11-9-22(10-13-3-5-14(20)6-4-13)16-8-21-18-15(17(11)16)7-12(2)23(25)19(18)24/h3-8,11,25H,9-10H2,1-2H3. The van der Waals surface area contributed by atoms with E-state index in [1.165, 1.54) is 12.1 Å². The molecule has 0 aliphatic carbocycles. The summed E-state index contributed by atoms with van der Waals surface area (Å²) in [5, 5.41) is 10.6. The van der Waals surface area contributed by atoms with Crippen LogP contribution in [0.3, 0.4) is 0 Å². The summed E-state index contributed by atoms with van der Waals surface area (Å²) in [5.74, 6) is -0.0170. The summed E-state index contributed by atoms with van der Waals surface area (Å²) in [4.78, 5) is 18.8. The topological polar surface area (TPSA) is 58.4 Å². The molecule has 0 saturated heterocycles. The average molecular weight is 339 g/mol. The number of pyridine rings is 2. The zero-order chi connectivity index (χ0) is 17.7. The Hall–Kier alpha value is -2.89. The predicted molar refractivity (Wildman–Crippen MR) is 93.8 cm³/mol. The first-order chi connectivity index (χ1) is 12.0. The highest BCUT2D eigenvalue weighted by molar-refractivity contribution is 5.88. The third kappa shape index (κ3) is 2.45. The maximum atomic E-state index is 13.1. The van der Waals surface area contributed by atoms with Crippen molar-refractivity contribution in [3.8, 4) is 0 Å². The second-order valence-corrected chi connectivity index (χ2v) is 6.63. The van der Waals surface area contributed by atoms with E-state index < -0.39 is 5.56 Å². The highest BCUT2D eigenvalue weighted by Gasteiger charge is 2.29. The zero-order valence-corrected chi connectivity index (χ0v) is 14.0. The van der Waals surface area contributed by atoms with Gasteiger partial charge in [0.1, 0.15) is 11.3 Å². The van der Waals surface area contributed by atoms with E-state index >= 15 is 0 Å². The minimum absolute atomic E-state index is 0.231. The molecule has 2 aromatic heterocycles. The number of fused-ring (bicyclic) bond motifs is 3.